The van der Waals surface area contributed by atoms with Gasteiger partial charge in [-0.05, 0) is 32.9 Å². The number of hydrogen-bond acceptors (Lipinski definition) is 2. The van der Waals surface area contributed by atoms with Crippen molar-refractivity contribution >= 4 is 17.7 Å². The Hall–Kier alpha value is -2.04. The van der Waals surface area contributed by atoms with Crippen molar-refractivity contribution in [1.82, 2.24) is 4.90 Å². The van der Waals surface area contributed by atoms with Crippen LogP contribution in [0.2, 0.25) is 0 Å². The zero-order valence-corrected chi connectivity index (χ0v) is 11.8. The van der Waals surface area contributed by atoms with Gasteiger partial charge in [0, 0.05) is 19.3 Å². The molecule has 0 aliphatic heterocycles. The number of carboxylic acid groups (broad SMARTS) is 1. The molecule has 0 atom stereocenters. The van der Waals surface area contributed by atoms with Gasteiger partial charge in [0.1, 0.15) is 5.54 Å². The molecule has 104 valence electrons. The molecule has 0 aliphatic carbocycles. The van der Waals surface area contributed by atoms with Gasteiger partial charge in [0.05, 0.1) is 0 Å². The summed E-state index contributed by atoms with van der Waals surface area (Å²) >= 11 is 0. The summed E-state index contributed by atoms with van der Waals surface area (Å²) in [5, 5.41) is 9.17. The number of carboxylic acids is 1. The van der Waals surface area contributed by atoms with Gasteiger partial charge in [-0.15, -0.1) is 0 Å². The molecule has 5 nitrogen and oxygen atoms in total. The largest absolute Gasteiger partial charge is 0.480 e. The summed E-state index contributed by atoms with van der Waals surface area (Å²) in [6, 6.07) is 8.86. The highest BCUT2D eigenvalue weighted by Gasteiger charge is 2.37. The standard InChI is InChI=1S/C14H20N2O3/c1-5-16(11-9-7-6-8-10-11)13(19)15(4)14(2,3)12(17)18/h6-10H,5H2,1-4H3,(H,17,18). The molecule has 1 aromatic carbocycles. The Bertz CT molecular complexity index is 457. The van der Waals surface area contributed by atoms with Crippen molar-refractivity contribution in [3.8, 4) is 0 Å². The van der Waals surface area contributed by atoms with E-state index in [1.807, 2.05) is 37.3 Å². The lowest BCUT2D eigenvalue weighted by Gasteiger charge is -2.35. The molecule has 2 amide bonds. The van der Waals surface area contributed by atoms with Crippen LogP contribution in [0.4, 0.5) is 10.5 Å². The Kier molecular flexibility index (Phi) is 4.53. The minimum absolute atomic E-state index is 0.332. The summed E-state index contributed by atoms with van der Waals surface area (Å²) in [5.41, 5.74) is -0.498. The van der Waals surface area contributed by atoms with E-state index in [1.54, 1.807) is 4.90 Å². The number of benzene rings is 1. The first kappa shape index (κ1) is 15.0. The summed E-state index contributed by atoms with van der Waals surface area (Å²) in [6.07, 6.45) is 0. The predicted octanol–water partition coefficient (Wildman–Crippen LogP) is 2.43. The van der Waals surface area contributed by atoms with Crippen molar-refractivity contribution < 1.29 is 14.7 Å². The normalized spacial score (nSPS) is 10.9. The fourth-order valence-electron chi connectivity index (χ4n) is 1.60. The maximum atomic E-state index is 12.4. The lowest BCUT2D eigenvalue weighted by atomic mass is 10.0. The SMILES string of the molecule is CCN(C(=O)N(C)C(C)(C)C(=O)O)c1ccccc1. The van der Waals surface area contributed by atoms with Crippen molar-refractivity contribution in [2.75, 3.05) is 18.5 Å². The van der Waals surface area contributed by atoms with Crippen LogP contribution in [-0.4, -0.2) is 41.1 Å². The van der Waals surface area contributed by atoms with Gasteiger partial charge in [0.2, 0.25) is 0 Å². The number of nitrogens with zero attached hydrogens (tertiary/aromatic N) is 2. The molecule has 0 heterocycles. The molecule has 0 aromatic heterocycles. The Labute approximate surface area is 113 Å². The first-order valence-corrected chi connectivity index (χ1v) is 6.16. The van der Waals surface area contributed by atoms with Crippen molar-refractivity contribution in [2.24, 2.45) is 0 Å². The maximum Gasteiger partial charge on any atom is 0.329 e. The van der Waals surface area contributed by atoms with Gasteiger partial charge < -0.3 is 10.0 Å². The second kappa shape index (κ2) is 5.73. The van der Waals surface area contributed by atoms with Crippen LogP contribution in [-0.2, 0) is 4.79 Å². The monoisotopic (exact) mass is 264 g/mol. The summed E-state index contributed by atoms with van der Waals surface area (Å²) in [5.74, 6) is -1.03. The van der Waals surface area contributed by atoms with Gasteiger partial charge in [0.15, 0.2) is 0 Å². The molecule has 0 saturated carbocycles. The van der Waals surface area contributed by atoms with E-state index in [2.05, 4.69) is 0 Å². The number of rotatable bonds is 4. The summed E-state index contributed by atoms with van der Waals surface area (Å²) in [4.78, 5) is 26.4. The van der Waals surface area contributed by atoms with Gasteiger partial charge in [0.25, 0.3) is 0 Å². The molecule has 0 aliphatic rings. The van der Waals surface area contributed by atoms with Crippen LogP contribution in [0.5, 0.6) is 0 Å². The molecule has 1 rings (SSSR count). The average molecular weight is 264 g/mol. The number of carbonyl (C=O) groups is 2. The number of aliphatic carboxylic acids is 1. The molecule has 1 N–H and O–H groups in total. The molecule has 0 unspecified atom stereocenters. The average Bonchev–Trinajstić information content (AvgIpc) is 2.39. The van der Waals surface area contributed by atoms with Crippen molar-refractivity contribution in [1.29, 1.82) is 0 Å². The van der Waals surface area contributed by atoms with E-state index in [9.17, 15) is 14.7 Å². The van der Waals surface area contributed by atoms with Crippen molar-refractivity contribution in [3.05, 3.63) is 30.3 Å². The molecule has 19 heavy (non-hydrogen) atoms. The van der Waals surface area contributed by atoms with Crippen LogP contribution >= 0.6 is 0 Å². The molecule has 5 heteroatoms. The molecule has 0 saturated heterocycles. The maximum absolute atomic E-state index is 12.4. The molecule has 0 spiro atoms. The quantitative estimate of drug-likeness (QED) is 0.908. The van der Waals surface area contributed by atoms with Gasteiger partial charge in [-0.3, -0.25) is 4.90 Å². The zero-order valence-electron chi connectivity index (χ0n) is 11.8. The fraction of sp³-hybridized carbons (Fsp3) is 0.429. The van der Waals surface area contributed by atoms with Crippen molar-refractivity contribution in [2.45, 2.75) is 26.3 Å². The van der Waals surface area contributed by atoms with Crippen LogP contribution in [0.25, 0.3) is 0 Å². The number of para-hydroxylation sites is 1. The molecule has 1 aromatic rings. The van der Waals surface area contributed by atoms with Gasteiger partial charge in [-0.25, -0.2) is 9.59 Å². The number of urea groups is 1. The molecule has 0 fully saturated rings. The number of anilines is 1. The molecule has 0 radical (unpaired) electrons. The zero-order chi connectivity index (χ0) is 14.6. The predicted molar refractivity (Wildman–Crippen MR) is 74.3 cm³/mol. The number of likely N-dealkylation sites (N-methyl/N-ethyl adjacent to an activating group) is 1. The Morgan fingerprint density at radius 2 is 1.74 bits per heavy atom. The second-order valence-corrected chi connectivity index (χ2v) is 4.79. The van der Waals surface area contributed by atoms with E-state index < -0.39 is 11.5 Å². The third-order valence-corrected chi connectivity index (χ3v) is 3.26. The number of carbonyl (C=O) groups excluding carboxylic acids is 1. The lowest BCUT2D eigenvalue weighted by Crippen LogP contribution is -2.55. The van der Waals surface area contributed by atoms with Crippen LogP contribution in [0, 0.1) is 0 Å². The molecular formula is C14H20N2O3. The van der Waals surface area contributed by atoms with Crippen LogP contribution in [0.1, 0.15) is 20.8 Å². The van der Waals surface area contributed by atoms with Gasteiger partial charge >= 0.3 is 12.0 Å². The smallest absolute Gasteiger partial charge is 0.329 e. The Morgan fingerprint density at radius 3 is 2.16 bits per heavy atom. The fourth-order valence-corrected chi connectivity index (χ4v) is 1.60. The Balaban J connectivity index is 3.01. The van der Waals surface area contributed by atoms with Crippen LogP contribution < -0.4 is 4.90 Å². The second-order valence-electron chi connectivity index (χ2n) is 4.79. The highest BCUT2D eigenvalue weighted by molar-refractivity contribution is 5.95. The van der Waals surface area contributed by atoms with Crippen molar-refractivity contribution in [3.63, 3.8) is 0 Å². The van der Waals surface area contributed by atoms with E-state index >= 15 is 0 Å². The molecule has 0 bridgehead atoms. The lowest BCUT2D eigenvalue weighted by molar-refractivity contribution is -0.146. The van der Waals surface area contributed by atoms with Crippen LogP contribution in [0.3, 0.4) is 0 Å². The van der Waals surface area contributed by atoms with Gasteiger partial charge in [-0.1, -0.05) is 18.2 Å². The highest BCUT2D eigenvalue weighted by atomic mass is 16.4. The summed E-state index contributed by atoms with van der Waals surface area (Å²) in [6.45, 7) is 5.34. The Morgan fingerprint density at radius 1 is 1.21 bits per heavy atom. The summed E-state index contributed by atoms with van der Waals surface area (Å²) in [7, 11) is 1.50. The van der Waals surface area contributed by atoms with E-state index in [-0.39, 0.29) is 6.03 Å². The summed E-state index contributed by atoms with van der Waals surface area (Å²) < 4.78 is 0. The van der Waals surface area contributed by atoms with Gasteiger partial charge in [-0.2, -0.15) is 0 Å². The minimum Gasteiger partial charge on any atom is -0.480 e. The number of hydrogen-bond donors (Lipinski definition) is 1. The third kappa shape index (κ3) is 3.05. The third-order valence-electron chi connectivity index (χ3n) is 3.26. The molecular weight excluding hydrogens is 244 g/mol. The first-order valence-electron chi connectivity index (χ1n) is 6.16. The minimum atomic E-state index is -1.25. The highest BCUT2D eigenvalue weighted by Crippen LogP contribution is 2.19. The van der Waals surface area contributed by atoms with Crippen LogP contribution in [0.15, 0.2) is 30.3 Å². The first-order chi connectivity index (χ1) is 8.82. The van der Waals surface area contributed by atoms with E-state index in [1.165, 1.54) is 25.8 Å². The van der Waals surface area contributed by atoms with E-state index in [0.717, 1.165) is 5.69 Å². The van der Waals surface area contributed by atoms with E-state index in [0.29, 0.717) is 6.54 Å². The van der Waals surface area contributed by atoms with E-state index in [4.69, 9.17) is 0 Å². The topological polar surface area (TPSA) is 60.9 Å². The number of amides is 2.